The first-order valence-corrected chi connectivity index (χ1v) is 12.6. The van der Waals surface area contributed by atoms with Crippen molar-refractivity contribution in [2.24, 2.45) is 5.41 Å². The van der Waals surface area contributed by atoms with Crippen molar-refractivity contribution in [3.63, 3.8) is 0 Å². The first-order chi connectivity index (χ1) is 18.8. The van der Waals surface area contributed by atoms with Crippen LogP contribution in [0.3, 0.4) is 0 Å². The number of anilines is 1. The molecule has 0 radical (unpaired) electrons. The van der Waals surface area contributed by atoms with Gasteiger partial charge in [-0.25, -0.2) is 14.5 Å². The van der Waals surface area contributed by atoms with Crippen LogP contribution in [0.25, 0.3) is 28.0 Å². The van der Waals surface area contributed by atoms with Crippen molar-refractivity contribution in [2.75, 3.05) is 24.5 Å². The van der Waals surface area contributed by atoms with Crippen LogP contribution < -0.4 is 4.90 Å². The van der Waals surface area contributed by atoms with E-state index in [1.807, 2.05) is 25.7 Å². The Balaban J connectivity index is 1.48. The highest BCUT2D eigenvalue weighted by molar-refractivity contribution is 5.83. The molecule has 2 N–H and O–H groups in total. The molecule has 5 rings (SSSR count). The molecular formula is C26H29F3N8O3. The lowest BCUT2D eigenvalue weighted by Crippen LogP contribution is -2.51. The maximum atomic E-state index is 12.8. The number of alkyl halides is 3. The normalized spacial score (nSPS) is 18.8. The number of hydrogen-bond donors (Lipinski definition) is 2. The molecule has 5 heterocycles. The van der Waals surface area contributed by atoms with Crippen molar-refractivity contribution in [3.05, 3.63) is 49.1 Å². The molecular weight excluding hydrogens is 529 g/mol. The number of amides is 1. The Morgan fingerprint density at radius 2 is 1.80 bits per heavy atom. The molecule has 0 aromatic carbocycles. The van der Waals surface area contributed by atoms with Gasteiger partial charge in [0.1, 0.15) is 12.4 Å². The number of aromatic nitrogens is 6. The molecule has 1 unspecified atom stereocenters. The summed E-state index contributed by atoms with van der Waals surface area (Å²) in [5, 5.41) is 29.4. The summed E-state index contributed by atoms with van der Waals surface area (Å²) < 4.78 is 40.7. The van der Waals surface area contributed by atoms with E-state index < -0.39 is 36.4 Å². The second-order valence-electron chi connectivity index (χ2n) is 11.0. The monoisotopic (exact) mass is 558 g/mol. The molecule has 1 aliphatic heterocycles. The van der Waals surface area contributed by atoms with E-state index in [0.29, 0.717) is 40.3 Å². The van der Waals surface area contributed by atoms with Crippen molar-refractivity contribution < 1.29 is 28.2 Å². The van der Waals surface area contributed by atoms with Gasteiger partial charge in [-0.15, -0.1) is 0 Å². The van der Waals surface area contributed by atoms with Gasteiger partial charge in [-0.1, -0.05) is 26.8 Å². The van der Waals surface area contributed by atoms with Crippen LogP contribution in [0.15, 0.2) is 49.1 Å². The number of halogens is 3. The Bertz CT molecular complexity index is 1530. The Morgan fingerprint density at radius 1 is 1.05 bits per heavy atom. The quantitative estimate of drug-likeness (QED) is 0.387. The largest absolute Gasteiger partial charge is 0.465 e. The number of aliphatic hydroxyl groups is 1. The lowest BCUT2D eigenvalue weighted by atomic mass is 9.85. The molecule has 11 nitrogen and oxygen atoms in total. The summed E-state index contributed by atoms with van der Waals surface area (Å²) in [6, 6.07) is 6.66. The van der Waals surface area contributed by atoms with Gasteiger partial charge in [0, 0.05) is 36.4 Å². The lowest BCUT2D eigenvalue weighted by molar-refractivity contribution is -0.142. The van der Waals surface area contributed by atoms with Crippen molar-refractivity contribution >= 4 is 22.8 Å². The van der Waals surface area contributed by atoms with Crippen LogP contribution in [-0.4, -0.2) is 88.7 Å². The molecule has 0 spiro atoms. The zero-order chi connectivity index (χ0) is 28.8. The first-order valence-electron chi connectivity index (χ1n) is 12.6. The summed E-state index contributed by atoms with van der Waals surface area (Å²) in [7, 11) is 0. The Labute approximate surface area is 227 Å². The number of carboxylic acid groups (broad SMARTS) is 1. The predicted octanol–water partition coefficient (Wildman–Crippen LogP) is 3.82. The minimum absolute atomic E-state index is 0.00736. The molecule has 1 fully saturated rings. The van der Waals surface area contributed by atoms with Gasteiger partial charge in [0.15, 0.2) is 5.82 Å². The van der Waals surface area contributed by atoms with E-state index in [1.165, 1.54) is 17.3 Å². The summed E-state index contributed by atoms with van der Waals surface area (Å²) in [5.74, 6) is 1.02. The average molecular weight is 559 g/mol. The number of fused-ring (bicyclic) bond motifs is 1. The summed E-state index contributed by atoms with van der Waals surface area (Å²) >= 11 is 0. The zero-order valence-electron chi connectivity index (χ0n) is 22.1. The minimum atomic E-state index is -4.39. The number of rotatable bonds is 4. The molecule has 1 aliphatic rings. The van der Waals surface area contributed by atoms with Crippen LogP contribution in [0.2, 0.25) is 0 Å². The first kappa shape index (κ1) is 27.4. The Morgan fingerprint density at radius 3 is 2.50 bits per heavy atom. The third-order valence-corrected chi connectivity index (χ3v) is 6.84. The number of hydrogen-bond acceptors (Lipinski definition) is 7. The van der Waals surface area contributed by atoms with Crippen molar-refractivity contribution in [3.8, 4) is 17.1 Å². The molecule has 14 heteroatoms. The maximum Gasteiger partial charge on any atom is 0.408 e. The topological polar surface area (TPSA) is 125 Å². The Hall–Kier alpha value is -4.20. The van der Waals surface area contributed by atoms with Gasteiger partial charge in [-0.3, -0.25) is 9.67 Å². The van der Waals surface area contributed by atoms with E-state index in [2.05, 4.69) is 15.2 Å². The van der Waals surface area contributed by atoms with Gasteiger partial charge in [0.2, 0.25) is 0 Å². The van der Waals surface area contributed by atoms with Crippen molar-refractivity contribution in [1.29, 1.82) is 0 Å². The molecule has 40 heavy (non-hydrogen) atoms. The molecule has 1 saturated heterocycles. The molecule has 4 aromatic heterocycles. The smallest absolute Gasteiger partial charge is 0.408 e. The van der Waals surface area contributed by atoms with Crippen LogP contribution in [0.1, 0.15) is 20.8 Å². The summed E-state index contributed by atoms with van der Waals surface area (Å²) in [5.41, 5.74) is 1.10. The van der Waals surface area contributed by atoms with Crippen LogP contribution in [-0.2, 0) is 6.54 Å². The van der Waals surface area contributed by atoms with Crippen LogP contribution >= 0.6 is 0 Å². The molecule has 0 aliphatic carbocycles. The fourth-order valence-electron chi connectivity index (χ4n) is 4.92. The summed E-state index contributed by atoms with van der Waals surface area (Å²) in [4.78, 5) is 24.3. The van der Waals surface area contributed by atoms with Crippen molar-refractivity contribution in [2.45, 2.75) is 45.6 Å². The molecule has 2 atom stereocenters. The zero-order valence-corrected chi connectivity index (χ0v) is 22.1. The predicted molar refractivity (Wildman–Crippen MR) is 140 cm³/mol. The van der Waals surface area contributed by atoms with Gasteiger partial charge in [0.25, 0.3) is 0 Å². The van der Waals surface area contributed by atoms with E-state index in [4.69, 9.17) is 4.98 Å². The number of carbonyl (C=O) groups is 1. The molecule has 1 amide bonds. The molecule has 0 saturated carbocycles. The highest BCUT2D eigenvalue weighted by atomic mass is 19.4. The third-order valence-electron chi connectivity index (χ3n) is 6.84. The number of pyridine rings is 2. The average Bonchev–Trinajstić information content (AvgIpc) is 3.45. The fourth-order valence-corrected chi connectivity index (χ4v) is 4.92. The molecule has 4 aromatic rings. The lowest BCUT2D eigenvalue weighted by Gasteiger charge is -2.39. The highest BCUT2D eigenvalue weighted by Crippen LogP contribution is 2.30. The van der Waals surface area contributed by atoms with Gasteiger partial charge in [-0.2, -0.15) is 23.4 Å². The SMILES string of the molecule is CC(C)(C)[C@H]1CN(c2cccc(-n3ncc4cnc(-c5cnn(CC(F)(F)F)c5)cc43)n2)CC(O)CN1C(=O)O. The van der Waals surface area contributed by atoms with E-state index in [0.717, 1.165) is 4.68 Å². The van der Waals surface area contributed by atoms with E-state index in [1.54, 1.807) is 41.3 Å². The second kappa shape index (κ2) is 10.1. The van der Waals surface area contributed by atoms with Crippen LogP contribution in [0, 0.1) is 5.41 Å². The van der Waals surface area contributed by atoms with Gasteiger partial charge < -0.3 is 20.0 Å². The van der Waals surface area contributed by atoms with Crippen LogP contribution in [0.5, 0.6) is 0 Å². The van der Waals surface area contributed by atoms with E-state index >= 15 is 0 Å². The Kier molecular flexibility index (Phi) is 6.90. The molecule has 0 bridgehead atoms. The number of β-amino-alcohol motifs (C(OH)–C–C–N with tert-alkyl or cyclic N) is 1. The summed E-state index contributed by atoms with van der Waals surface area (Å²) in [6.07, 6.45) is -0.570. The highest BCUT2D eigenvalue weighted by Gasteiger charge is 2.39. The minimum Gasteiger partial charge on any atom is -0.465 e. The van der Waals surface area contributed by atoms with E-state index in [-0.39, 0.29) is 13.1 Å². The molecule has 212 valence electrons. The van der Waals surface area contributed by atoms with Crippen LogP contribution in [0.4, 0.5) is 23.8 Å². The maximum absolute atomic E-state index is 12.8. The standard InChI is InChI=1S/C26H29F3N8O3/c1-25(2,3)21-14-34(12-18(38)13-36(21)24(39)40)22-5-4-6-23(33-22)37-20-7-19(30-8-16(20)9-32-37)17-10-31-35(11-17)15-26(27,28)29/h4-11,18,21,38H,12-15H2,1-3H3,(H,39,40)/t18?,21-/m1/s1. The second-order valence-corrected chi connectivity index (χ2v) is 11.0. The van der Waals surface area contributed by atoms with Gasteiger partial charge in [0.05, 0.1) is 42.3 Å². The van der Waals surface area contributed by atoms with Gasteiger partial charge in [-0.05, 0) is 23.6 Å². The van der Waals surface area contributed by atoms with Crippen molar-refractivity contribution in [1.82, 2.24) is 34.4 Å². The van der Waals surface area contributed by atoms with E-state index in [9.17, 15) is 28.2 Å². The van der Waals surface area contributed by atoms with Gasteiger partial charge >= 0.3 is 12.3 Å². The third kappa shape index (κ3) is 5.71. The number of nitrogens with zero attached hydrogens (tertiary/aromatic N) is 8. The fraction of sp³-hybridized carbons (Fsp3) is 0.423. The summed E-state index contributed by atoms with van der Waals surface area (Å²) in [6.45, 7) is 5.20. The number of aliphatic hydroxyl groups excluding tert-OH is 1.